The number of allylic oxidation sites excluding steroid dienone is 2. The van der Waals surface area contributed by atoms with Gasteiger partial charge in [-0.2, -0.15) is 0 Å². The van der Waals surface area contributed by atoms with Crippen LogP contribution in [0.15, 0.2) is 36.4 Å². The molecule has 0 bridgehead atoms. The summed E-state index contributed by atoms with van der Waals surface area (Å²) in [5, 5.41) is 0. The maximum Gasteiger partial charge on any atom is 0.226 e. The number of amides is 1. The Morgan fingerprint density at radius 3 is 2.52 bits per heavy atom. The lowest BCUT2D eigenvalue weighted by atomic mass is 9.83. The van der Waals surface area contributed by atoms with Crippen molar-refractivity contribution in [2.24, 2.45) is 11.7 Å². The summed E-state index contributed by atoms with van der Waals surface area (Å²) >= 11 is 0. The lowest BCUT2D eigenvalue weighted by Crippen LogP contribution is -2.47. The fraction of sp³-hybridized carbons (Fsp3) is 0.353. The van der Waals surface area contributed by atoms with E-state index in [0.29, 0.717) is 11.3 Å². The number of benzene rings is 1. The average molecular weight is 334 g/mol. The topological polar surface area (TPSA) is 103 Å². The molecule has 0 aromatic heterocycles. The van der Waals surface area contributed by atoms with Gasteiger partial charge in [-0.3, -0.25) is 4.79 Å². The van der Waals surface area contributed by atoms with Crippen LogP contribution >= 0.6 is 0 Å². The van der Waals surface area contributed by atoms with Crippen LogP contribution in [0.1, 0.15) is 25.0 Å². The van der Waals surface area contributed by atoms with E-state index in [9.17, 15) is 13.2 Å². The number of hydrogen-bond acceptors (Lipinski definition) is 4. The predicted molar refractivity (Wildman–Crippen MR) is 93.3 cm³/mol. The Kier molecular flexibility index (Phi) is 4.39. The third-order valence-electron chi connectivity index (χ3n) is 4.55. The molecule has 2 atom stereocenters. The zero-order valence-corrected chi connectivity index (χ0v) is 14.4. The zero-order chi connectivity index (χ0) is 17.4. The molecule has 1 aromatic carbocycles. The van der Waals surface area contributed by atoms with Crippen LogP contribution in [0.25, 0.3) is 5.57 Å². The molecule has 2 rings (SSSR count). The summed E-state index contributed by atoms with van der Waals surface area (Å²) in [4.78, 5) is 11.8. The molecule has 4 N–H and O–H groups in total. The number of hydrogen-bond donors (Lipinski definition) is 2. The van der Waals surface area contributed by atoms with Gasteiger partial charge in [0.2, 0.25) is 5.91 Å². The van der Waals surface area contributed by atoms with Crippen LogP contribution in [0.4, 0.5) is 5.69 Å². The fourth-order valence-electron chi connectivity index (χ4n) is 2.83. The molecular formula is C17H22N2O3S. The Morgan fingerprint density at radius 1 is 1.35 bits per heavy atom. The van der Waals surface area contributed by atoms with Gasteiger partial charge in [0.1, 0.15) is 4.75 Å². The molecule has 1 aromatic rings. The number of nitrogen functional groups attached to an aromatic ring is 1. The van der Waals surface area contributed by atoms with Gasteiger partial charge in [0, 0.05) is 17.5 Å². The largest absolute Gasteiger partial charge is 0.398 e. The number of primary amides is 1. The molecule has 0 aliphatic heterocycles. The molecular weight excluding hydrogens is 312 g/mol. The van der Waals surface area contributed by atoms with Crippen molar-refractivity contribution in [2.45, 2.75) is 25.0 Å². The number of aryl methyl sites for hydroxylation is 1. The molecule has 5 nitrogen and oxygen atoms in total. The van der Waals surface area contributed by atoms with E-state index in [2.05, 4.69) is 0 Å². The molecule has 23 heavy (non-hydrogen) atoms. The predicted octanol–water partition coefficient (Wildman–Crippen LogP) is 1.69. The van der Waals surface area contributed by atoms with E-state index in [1.807, 2.05) is 25.1 Å². The Balaban J connectivity index is 2.59. The highest BCUT2D eigenvalue weighted by Crippen LogP contribution is 2.38. The standard InChI is InChI=1S/C17H22N2O3S/c1-4-11-6-5-7-13(15(11)18)12-8-9-17(2,23(3,21)22)14(10-12)16(19)20/h5-10,14H,4,18H2,1-3H3,(H2,19,20). The van der Waals surface area contributed by atoms with Crippen molar-refractivity contribution in [1.82, 2.24) is 0 Å². The van der Waals surface area contributed by atoms with E-state index in [0.717, 1.165) is 23.8 Å². The third kappa shape index (κ3) is 2.91. The Morgan fingerprint density at radius 2 is 2.00 bits per heavy atom. The minimum atomic E-state index is -3.51. The van der Waals surface area contributed by atoms with Gasteiger partial charge < -0.3 is 11.5 Å². The van der Waals surface area contributed by atoms with Crippen LogP contribution in [0.3, 0.4) is 0 Å². The van der Waals surface area contributed by atoms with Crippen molar-refractivity contribution < 1.29 is 13.2 Å². The van der Waals surface area contributed by atoms with Crippen LogP contribution in [-0.2, 0) is 21.1 Å². The number of rotatable bonds is 4. The van der Waals surface area contributed by atoms with Crippen LogP contribution in [0.2, 0.25) is 0 Å². The molecule has 6 heteroatoms. The highest BCUT2D eigenvalue weighted by molar-refractivity contribution is 7.92. The Hall–Kier alpha value is -2.08. The lowest BCUT2D eigenvalue weighted by Gasteiger charge is -2.33. The zero-order valence-electron chi connectivity index (χ0n) is 13.5. The lowest BCUT2D eigenvalue weighted by molar-refractivity contribution is -0.120. The molecule has 0 radical (unpaired) electrons. The molecule has 0 saturated heterocycles. The minimum absolute atomic E-state index is 0.636. The van der Waals surface area contributed by atoms with E-state index in [-0.39, 0.29) is 0 Å². The summed E-state index contributed by atoms with van der Waals surface area (Å²) in [5.74, 6) is -1.62. The highest BCUT2D eigenvalue weighted by atomic mass is 32.2. The quantitative estimate of drug-likeness (QED) is 0.818. The van der Waals surface area contributed by atoms with E-state index in [1.165, 1.54) is 13.0 Å². The molecule has 1 aliphatic rings. The first kappa shape index (κ1) is 17.3. The number of sulfone groups is 1. The number of carbonyl (C=O) groups excluding carboxylic acids is 1. The number of anilines is 1. The first-order valence-corrected chi connectivity index (χ1v) is 9.28. The fourth-order valence-corrected chi connectivity index (χ4v) is 3.79. The van der Waals surface area contributed by atoms with Crippen molar-refractivity contribution >= 4 is 27.0 Å². The van der Waals surface area contributed by atoms with Gasteiger partial charge in [0.25, 0.3) is 0 Å². The number of nitrogens with two attached hydrogens (primary N) is 2. The van der Waals surface area contributed by atoms with Crippen molar-refractivity contribution in [2.75, 3.05) is 12.0 Å². The van der Waals surface area contributed by atoms with Crippen LogP contribution in [0.5, 0.6) is 0 Å². The van der Waals surface area contributed by atoms with Gasteiger partial charge >= 0.3 is 0 Å². The summed E-state index contributed by atoms with van der Waals surface area (Å²) < 4.78 is 22.9. The Labute approximate surface area is 137 Å². The van der Waals surface area contributed by atoms with Crippen LogP contribution in [-0.4, -0.2) is 25.3 Å². The molecule has 0 heterocycles. The summed E-state index contributed by atoms with van der Waals surface area (Å²) in [6.45, 7) is 3.51. The van der Waals surface area contributed by atoms with E-state index >= 15 is 0 Å². The Bertz CT molecular complexity index is 809. The van der Waals surface area contributed by atoms with Gasteiger partial charge in [0.05, 0.1) is 5.92 Å². The molecule has 0 spiro atoms. The third-order valence-corrected chi connectivity index (χ3v) is 6.54. The van der Waals surface area contributed by atoms with Gasteiger partial charge in [-0.1, -0.05) is 43.4 Å². The maximum atomic E-state index is 12.1. The number of para-hydroxylation sites is 1. The molecule has 1 aliphatic carbocycles. The van der Waals surface area contributed by atoms with Gasteiger partial charge in [-0.15, -0.1) is 0 Å². The monoisotopic (exact) mass is 334 g/mol. The second-order valence-corrected chi connectivity index (χ2v) is 8.45. The molecule has 124 valence electrons. The molecule has 2 unspecified atom stereocenters. The SMILES string of the molecule is CCc1cccc(C2=CC(C(N)=O)C(C)(S(C)(=O)=O)C=C2)c1N. The average Bonchev–Trinajstić information content (AvgIpc) is 2.47. The maximum absolute atomic E-state index is 12.1. The smallest absolute Gasteiger partial charge is 0.226 e. The summed E-state index contributed by atoms with van der Waals surface area (Å²) in [5.41, 5.74) is 14.8. The van der Waals surface area contributed by atoms with E-state index in [4.69, 9.17) is 11.5 Å². The van der Waals surface area contributed by atoms with Gasteiger partial charge in [-0.05, 0) is 24.5 Å². The molecule has 1 amide bonds. The number of carbonyl (C=O) groups is 1. The normalized spacial score (nSPS) is 24.3. The van der Waals surface area contributed by atoms with E-state index < -0.39 is 26.4 Å². The van der Waals surface area contributed by atoms with Crippen molar-refractivity contribution in [3.63, 3.8) is 0 Å². The van der Waals surface area contributed by atoms with Crippen molar-refractivity contribution in [3.05, 3.63) is 47.6 Å². The van der Waals surface area contributed by atoms with Gasteiger partial charge in [0.15, 0.2) is 9.84 Å². The second-order valence-electron chi connectivity index (χ2n) is 6.02. The van der Waals surface area contributed by atoms with Crippen molar-refractivity contribution in [3.8, 4) is 0 Å². The molecule has 0 saturated carbocycles. The minimum Gasteiger partial charge on any atom is -0.398 e. The first-order chi connectivity index (χ1) is 10.6. The van der Waals surface area contributed by atoms with E-state index in [1.54, 1.807) is 12.2 Å². The molecule has 0 fully saturated rings. The van der Waals surface area contributed by atoms with Crippen LogP contribution in [0, 0.1) is 5.92 Å². The summed E-state index contributed by atoms with van der Waals surface area (Å²) in [7, 11) is -3.51. The van der Waals surface area contributed by atoms with Crippen LogP contribution < -0.4 is 11.5 Å². The highest BCUT2D eigenvalue weighted by Gasteiger charge is 2.45. The summed E-state index contributed by atoms with van der Waals surface area (Å²) in [6.07, 6.45) is 6.74. The van der Waals surface area contributed by atoms with Gasteiger partial charge in [-0.25, -0.2) is 8.42 Å². The second kappa shape index (κ2) is 5.85. The first-order valence-electron chi connectivity index (χ1n) is 7.39. The summed E-state index contributed by atoms with van der Waals surface area (Å²) in [6, 6.07) is 5.69. The van der Waals surface area contributed by atoms with Crippen molar-refractivity contribution in [1.29, 1.82) is 0 Å².